The minimum Gasteiger partial charge on any atom is -0.390 e. The first-order valence-electron chi connectivity index (χ1n) is 10.6. The minimum atomic E-state index is -0.614. The monoisotopic (exact) mass is 409 g/mol. The summed E-state index contributed by atoms with van der Waals surface area (Å²) in [7, 11) is 1.71. The summed E-state index contributed by atoms with van der Waals surface area (Å²) in [5.74, 6) is 0.266. The first kappa shape index (κ1) is 22.0. The lowest BCUT2D eigenvalue weighted by molar-refractivity contribution is 0.0795. The Morgan fingerprint density at radius 1 is 1.10 bits per heavy atom. The van der Waals surface area contributed by atoms with E-state index >= 15 is 0 Å². The van der Waals surface area contributed by atoms with Crippen molar-refractivity contribution in [3.8, 4) is 0 Å². The van der Waals surface area contributed by atoms with Crippen LogP contribution in [0.15, 0.2) is 54.6 Å². The zero-order valence-electron chi connectivity index (χ0n) is 17.8. The maximum atomic E-state index is 12.8. The fourth-order valence-corrected chi connectivity index (χ4v) is 3.68. The number of likely N-dealkylation sites (tertiary alicyclic amines) is 1. The van der Waals surface area contributed by atoms with Crippen molar-refractivity contribution in [3.63, 3.8) is 0 Å². The van der Waals surface area contributed by atoms with Crippen LogP contribution in [0.3, 0.4) is 0 Å². The number of hydrogen-bond donors (Lipinski definition) is 2. The average molecular weight is 410 g/mol. The van der Waals surface area contributed by atoms with Gasteiger partial charge in [-0.1, -0.05) is 31.2 Å². The molecule has 1 heterocycles. The van der Waals surface area contributed by atoms with Crippen LogP contribution >= 0.6 is 0 Å². The van der Waals surface area contributed by atoms with Crippen molar-refractivity contribution in [1.82, 2.24) is 10.2 Å². The molecule has 0 aromatic heterocycles. The number of carbonyl (C=O) groups excluding carboxylic acids is 2. The Bertz CT molecular complexity index is 848. The smallest absolute Gasteiger partial charge is 0.258 e. The second-order valence-corrected chi connectivity index (χ2v) is 8.13. The van der Waals surface area contributed by atoms with E-state index in [0.717, 1.165) is 37.5 Å². The number of carbonyl (C=O) groups is 2. The van der Waals surface area contributed by atoms with Crippen molar-refractivity contribution in [2.75, 3.05) is 38.1 Å². The Balaban J connectivity index is 1.54. The van der Waals surface area contributed by atoms with Gasteiger partial charge in [0.05, 0.1) is 6.10 Å². The molecule has 0 aliphatic carbocycles. The fraction of sp³-hybridized carbons (Fsp3) is 0.417. The van der Waals surface area contributed by atoms with Gasteiger partial charge in [0.2, 0.25) is 0 Å². The molecule has 6 heteroatoms. The van der Waals surface area contributed by atoms with Gasteiger partial charge in [-0.2, -0.15) is 0 Å². The normalized spacial score (nSPS) is 16.1. The van der Waals surface area contributed by atoms with Crippen molar-refractivity contribution >= 4 is 17.5 Å². The second-order valence-electron chi connectivity index (χ2n) is 8.13. The molecule has 2 aromatic rings. The van der Waals surface area contributed by atoms with Crippen LogP contribution in [0.25, 0.3) is 0 Å². The summed E-state index contributed by atoms with van der Waals surface area (Å²) in [6.45, 7) is 4.99. The number of para-hydroxylation sites is 1. The van der Waals surface area contributed by atoms with Crippen LogP contribution in [0, 0.1) is 5.92 Å². The van der Waals surface area contributed by atoms with Crippen molar-refractivity contribution in [2.45, 2.75) is 25.9 Å². The highest BCUT2D eigenvalue weighted by Gasteiger charge is 2.19. The number of benzene rings is 2. The average Bonchev–Trinajstić information content (AvgIpc) is 2.78. The van der Waals surface area contributed by atoms with E-state index < -0.39 is 6.10 Å². The summed E-state index contributed by atoms with van der Waals surface area (Å²) in [4.78, 5) is 29.1. The van der Waals surface area contributed by atoms with Crippen molar-refractivity contribution in [1.29, 1.82) is 0 Å². The molecule has 0 spiro atoms. The van der Waals surface area contributed by atoms with Crippen LogP contribution < -0.4 is 10.2 Å². The quantitative estimate of drug-likeness (QED) is 0.738. The van der Waals surface area contributed by atoms with Crippen molar-refractivity contribution in [3.05, 3.63) is 65.7 Å². The number of aliphatic hydroxyl groups is 1. The number of piperidine rings is 1. The molecule has 6 nitrogen and oxygen atoms in total. The number of hydrogen-bond acceptors (Lipinski definition) is 4. The van der Waals surface area contributed by atoms with E-state index in [1.54, 1.807) is 36.2 Å². The van der Waals surface area contributed by atoms with E-state index in [2.05, 4.69) is 17.1 Å². The van der Waals surface area contributed by atoms with Crippen LogP contribution in [-0.2, 0) is 0 Å². The lowest BCUT2D eigenvalue weighted by atomic mass is 9.99. The highest BCUT2D eigenvalue weighted by molar-refractivity contribution is 6.07. The van der Waals surface area contributed by atoms with E-state index in [0.29, 0.717) is 17.7 Å². The zero-order valence-corrected chi connectivity index (χ0v) is 17.8. The molecule has 1 aliphatic heterocycles. The number of anilines is 1. The Morgan fingerprint density at radius 3 is 2.47 bits per heavy atom. The lowest BCUT2D eigenvalue weighted by Gasteiger charge is -2.31. The van der Waals surface area contributed by atoms with Crippen LogP contribution in [0.4, 0.5) is 5.69 Å². The summed E-state index contributed by atoms with van der Waals surface area (Å²) >= 11 is 0. The predicted octanol–water partition coefficient (Wildman–Crippen LogP) is 2.79. The third-order valence-corrected chi connectivity index (χ3v) is 5.66. The van der Waals surface area contributed by atoms with Crippen molar-refractivity contribution < 1.29 is 14.7 Å². The van der Waals surface area contributed by atoms with Crippen LogP contribution in [0.1, 0.15) is 40.5 Å². The fourth-order valence-electron chi connectivity index (χ4n) is 3.68. The topological polar surface area (TPSA) is 72.9 Å². The third-order valence-electron chi connectivity index (χ3n) is 5.66. The molecular weight excluding hydrogens is 378 g/mol. The number of rotatable bonds is 7. The Kier molecular flexibility index (Phi) is 7.60. The van der Waals surface area contributed by atoms with E-state index in [4.69, 9.17) is 0 Å². The molecule has 30 heavy (non-hydrogen) atoms. The lowest BCUT2D eigenvalue weighted by Crippen LogP contribution is -2.43. The minimum absolute atomic E-state index is 0.185. The van der Waals surface area contributed by atoms with E-state index in [1.807, 2.05) is 30.3 Å². The van der Waals surface area contributed by atoms with Gasteiger partial charge < -0.3 is 20.2 Å². The van der Waals surface area contributed by atoms with Gasteiger partial charge in [-0.3, -0.25) is 9.59 Å². The Hall–Kier alpha value is -2.70. The second kappa shape index (κ2) is 10.4. The van der Waals surface area contributed by atoms with Gasteiger partial charge >= 0.3 is 0 Å². The Labute approximate surface area is 178 Å². The maximum Gasteiger partial charge on any atom is 0.258 e. The molecule has 1 unspecified atom stereocenters. The molecule has 0 bridgehead atoms. The van der Waals surface area contributed by atoms with E-state index in [9.17, 15) is 14.7 Å². The number of nitrogens with one attached hydrogen (secondary N) is 1. The standard InChI is InChI=1S/C24H31N3O3/c1-18-11-13-27(14-12-18)17-22(28)16-25-23(29)19-7-6-8-20(15-19)24(30)26(2)21-9-4-3-5-10-21/h3-10,15,18,22,28H,11-14,16-17H2,1-2H3,(H,25,29). The number of aliphatic hydroxyl groups excluding tert-OH is 1. The maximum absolute atomic E-state index is 12.8. The van der Waals surface area contributed by atoms with Gasteiger partial charge in [-0.15, -0.1) is 0 Å². The summed E-state index contributed by atoms with van der Waals surface area (Å²) in [6.07, 6.45) is 1.69. The van der Waals surface area contributed by atoms with Crippen LogP contribution in [0.5, 0.6) is 0 Å². The molecule has 2 aromatic carbocycles. The molecule has 0 saturated carbocycles. The van der Waals surface area contributed by atoms with Gasteiger partial charge in [0.15, 0.2) is 0 Å². The molecule has 0 radical (unpaired) electrons. The van der Waals surface area contributed by atoms with Crippen molar-refractivity contribution in [2.24, 2.45) is 5.92 Å². The third kappa shape index (κ3) is 5.90. The van der Waals surface area contributed by atoms with Crippen LogP contribution in [0.2, 0.25) is 0 Å². The first-order valence-corrected chi connectivity index (χ1v) is 10.6. The zero-order chi connectivity index (χ0) is 21.5. The van der Waals surface area contributed by atoms with E-state index in [-0.39, 0.29) is 18.4 Å². The number of amides is 2. The summed E-state index contributed by atoms with van der Waals surface area (Å²) in [6, 6.07) is 16.0. The Morgan fingerprint density at radius 2 is 1.77 bits per heavy atom. The molecule has 3 rings (SSSR count). The molecule has 2 amide bonds. The van der Waals surface area contributed by atoms with Crippen LogP contribution in [-0.4, -0.2) is 61.2 Å². The molecule has 1 fully saturated rings. The molecular formula is C24H31N3O3. The number of β-amino-alcohol motifs (C(OH)–C–C–N with tert-alkyl or cyclic N) is 1. The molecule has 160 valence electrons. The van der Waals surface area contributed by atoms with Gasteiger partial charge in [-0.25, -0.2) is 0 Å². The highest BCUT2D eigenvalue weighted by atomic mass is 16.3. The highest BCUT2D eigenvalue weighted by Crippen LogP contribution is 2.17. The van der Waals surface area contributed by atoms with E-state index in [1.165, 1.54) is 0 Å². The van der Waals surface area contributed by atoms with Gasteiger partial charge in [-0.05, 0) is 62.2 Å². The summed E-state index contributed by atoms with van der Waals surface area (Å²) in [5, 5.41) is 13.1. The molecule has 1 aliphatic rings. The first-order chi connectivity index (χ1) is 14.4. The molecule has 1 atom stereocenters. The number of nitrogens with zero attached hydrogens (tertiary/aromatic N) is 2. The SMILES string of the molecule is CC1CCN(CC(O)CNC(=O)c2cccc(C(=O)N(C)c3ccccc3)c2)CC1. The summed E-state index contributed by atoms with van der Waals surface area (Å²) in [5.41, 5.74) is 1.63. The largest absolute Gasteiger partial charge is 0.390 e. The van der Waals surface area contributed by atoms with Gasteiger partial charge in [0.1, 0.15) is 0 Å². The summed E-state index contributed by atoms with van der Waals surface area (Å²) < 4.78 is 0. The van der Waals surface area contributed by atoms with Gasteiger partial charge in [0.25, 0.3) is 11.8 Å². The van der Waals surface area contributed by atoms with Gasteiger partial charge in [0, 0.05) is 37.0 Å². The molecule has 1 saturated heterocycles. The molecule has 2 N–H and O–H groups in total. The predicted molar refractivity (Wildman–Crippen MR) is 119 cm³/mol.